The second-order valence-electron chi connectivity index (χ2n) is 4.87. The van der Waals surface area contributed by atoms with E-state index in [0.29, 0.717) is 13.1 Å². The monoisotopic (exact) mass is 268 g/mol. The highest BCUT2D eigenvalue weighted by Crippen LogP contribution is 2.31. The summed E-state index contributed by atoms with van der Waals surface area (Å²) in [6, 6.07) is 14.9. The van der Waals surface area contributed by atoms with Crippen molar-refractivity contribution in [1.29, 1.82) is 0 Å². The molecule has 102 valence electrons. The highest BCUT2D eigenvalue weighted by atomic mass is 16.3. The fourth-order valence-electron chi connectivity index (χ4n) is 2.48. The molecule has 3 N–H and O–H groups in total. The third kappa shape index (κ3) is 2.32. The first-order valence-electron chi connectivity index (χ1n) is 6.63. The van der Waals surface area contributed by atoms with Crippen molar-refractivity contribution in [3.63, 3.8) is 0 Å². The molecule has 0 bridgehead atoms. The molecule has 0 saturated heterocycles. The van der Waals surface area contributed by atoms with Gasteiger partial charge in [-0.15, -0.1) is 0 Å². The molecule has 0 aliphatic carbocycles. The quantitative estimate of drug-likeness (QED) is 0.800. The number of hydrogen-bond acceptors (Lipinski definition) is 3. The first-order valence-corrected chi connectivity index (χ1v) is 6.63. The van der Waals surface area contributed by atoms with Crippen molar-refractivity contribution >= 4 is 11.6 Å². The van der Waals surface area contributed by atoms with Gasteiger partial charge >= 0.3 is 0 Å². The lowest BCUT2D eigenvalue weighted by Gasteiger charge is -2.12. The number of amides is 1. The standard InChI is InChI=1S/C16H16N2O2/c19-15-8-4-1-5-11(15)9-18-16(20)13-10-17-14-7-3-2-6-12(13)14/h1-8,13,17,19H,9-10H2,(H,18,20). The summed E-state index contributed by atoms with van der Waals surface area (Å²) in [6.45, 7) is 0.954. The van der Waals surface area contributed by atoms with Crippen molar-refractivity contribution in [1.82, 2.24) is 5.32 Å². The summed E-state index contributed by atoms with van der Waals surface area (Å²) < 4.78 is 0. The Balaban J connectivity index is 1.68. The molecule has 0 saturated carbocycles. The van der Waals surface area contributed by atoms with Crippen molar-refractivity contribution in [2.45, 2.75) is 12.5 Å². The van der Waals surface area contributed by atoms with Crippen LogP contribution in [-0.4, -0.2) is 17.6 Å². The molecule has 1 heterocycles. The number of anilines is 1. The van der Waals surface area contributed by atoms with Gasteiger partial charge in [0.15, 0.2) is 0 Å². The number of aromatic hydroxyl groups is 1. The molecule has 1 atom stereocenters. The van der Waals surface area contributed by atoms with E-state index in [1.54, 1.807) is 18.2 Å². The Kier molecular flexibility index (Phi) is 3.29. The second-order valence-corrected chi connectivity index (χ2v) is 4.87. The number of phenolic OH excluding ortho intramolecular Hbond substituents is 1. The molecular formula is C16H16N2O2. The van der Waals surface area contributed by atoms with E-state index in [1.807, 2.05) is 30.3 Å². The lowest BCUT2D eigenvalue weighted by atomic mass is 10.0. The van der Waals surface area contributed by atoms with E-state index in [0.717, 1.165) is 16.8 Å². The number of hydrogen-bond donors (Lipinski definition) is 3. The molecule has 4 nitrogen and oxygen atoms in total. The van der Waals surface area contributed by atoms with Gasteiger partial charge in [0, 0.05) is 24.3 Å². The maximum atomic E-state index is 12.3. The molecule has 0 spiro atoms. The molecule has 0 fully saturated rings. The van der Waals surface area contributed by atoms with Crippen LogP contribution >= 0.6 is 0 Å². The van der Waals surface area contributed by atoms with Crippen LogP contribution in [-0.2, 0) is 11.3 Å². The number of benzene rings is 2. The number of carbonyl (C=O) groups excluding carboxylic acids is 1. The Hall–Kier alpha value is -2.49. The van der Waals surface area contributed by atoms with E-state index < -0.39 is 0 Å². The van der Waals surface area contributed by atoms with Crippen molar-refractivity contribution in [2.75, 3.05) is 11.9 Å². The SMILES string of the molecule is O=C(NCc1ccccc1O)C1CNc2ccccc21. The minimum atomic E-state index is -0.169. The van der Waals surface area contributed by atoms with E-state index in [-0.39, 0.29) is 17.6 Å². The lowest BCUT2D eigenvalue weighted by Crippen LogP contribution is -2.29. The van der Waals surface area contributed by atoms with Crippen LogP contribution in [0.3, 0.4) is 0 Å². The van der Waals surface area contributed by atoms with Gasteiger partial charge < -0.3 is 15.7 Å². The Morgan fingerprint density at radius 1 is 1.20 bits per heavy atom. The van der Waals surface area contributed by atoms with E-state index in [1.165, 1.54) is 0 Å². The fraction of sp³-hybridized carbons (Fsp3) is 0.188. The van der Waals surface area contributed by atoms with Crippen LogP contribution < -0.4 is 10.6 Å². The highest BCUT2D eigenvalue weighted by Gasteiger charge is 2.27. The van der Waals surface area contributed by atoms with E-state index in [2.05, 4.69) is 10.6 Å². The predicted molar refractivity (Wildman–Crippen MR) is 77.6 cm³/mol. The van der Waals surface area contributed by atoms with Gasteiger partial charge in [0.25, 0.3) is 0 Å². The average Bonchev–Trinajstić information content (AvgIpc) is 2.90. The lowest BCUT2D eigenvalue weighted by molar-refractivity contribution is -0.122. The molecule has 20 heavy (non-hydrogen) atoms. The highest BCUT2D eigenvalue weighted by molar-refractivity contribution is 5.88. The number of carbonyl (C=O) groups is 1. The van der Waals surface area contributed by atoms with Crippen LogP contribution in [0.15, 0.2) is 48.5 Å². The van der Waals surface area contributed by atoms with Crippen molar-refractivity contribution in [3.8, 4) is 5.75 Å². The minimum Gasteiger partial charge on any atom is -0.508 e. The Morgan fingerprint density at radius 2 is 1.95 bits per heavy atom. The van der Waals surface area contributed by atoms with Crippen LogP contribution in [0.5, 0.6) is 5.75 Å². The van der Waals surface area contributed by atoms with Crippen molar-refractivity contribution in [2.24, 2.45) is 0 Å². The number of para-hydroxylation sites is 2. The maximum absolute atomic E-state index is 12.3. The maximum Gasteiger partial charge on any atom is 0.229 e. The molecule has 2 aromatic carbocycles. The summed E-state index contributed by atoms with van der Waals surface area (Å²) in [4.78, 5) is 12.3. The third-order valence-electron chi connectivity index (χ3n) is 3.59. The predicted octanol–water partition coefficient (Wildman–Crippen LogP) is 2.22. The van der Waals surface area contributed by atoms with Gasteiger partial charge in [0.2, 0.25) is 5.91 Å². The van der Waals surface area contributed by atoms with Crippen LogP contribution in [0.1, 0.15) is 17.0 Å². The fourth-order valence-corrected chi connectivity index (χ4v) is 2.48. The van der Waals surface area contributed by atoms with Gasteiger partial charge in [-0.3, -0.25) is 4.79 Å². The molecule has 4 heteroatoms. The van der Waals surface area contributed by atoms with Gasteiger partial charge in [-0.2, -0.15) is 0 Å². The van der Waals surface area contributed by atoms with Crippen LogP contribution in [0, 0.1) is 0 Å². The molecule has 3 rings (SSSR count). The normalized spacial score (nSPS) is 16.3. The smallest absolute Gasteiger partial charge is 0.229 e. The number of rotatable bonds is 3. The van der Waals surface area contributed by atoms with Gasteiger partial charge in [-0.1, -0.05) is 36.4 Å². The molecular weight excluding hydrogens is 252 g/mol. The third-order valence-corrected chi connectivity index (χ3v) is 3.59. The Labute approximate surface area is 117 Å². The topological polar surface area (TPSA) is 61.4 Å². The molecule has 1 unspecified atom stereocenters. The summed E-state index contributed by atoms with van der Waals surface area (Å²) in [7, 11) is 0. The summed E-state index contributed by atoms with van der Waals surface area (Å²) in [6.07, 6.45) is 0. The van der Waals surface area contributed by atoms with Gasteiger partial charge in [-0.05, 0) is 17.7 Å². The van der Waals surface area contributed by atoms with Crippen LogP contribution in [0.2, 0.25) is 0 Å². The molecule has 1 amide bonds. The minimum absolute atomic E-state index is 0.0225. The number of fused-ring (bicyclic) bond motifs is 1. The summed E-state index contributed by atoms with van der Waals surface area (Å²) in [5, 5.41) is 15.8. The van der Waals surface area contributed by atoms with Crippen molar-refractivity contribution in [3.05, 3.63) is 59.7 Å². The summed E-state index contributed by atoms with van der Waals surface area (Å²) in [5.41, 5.74) is 2.78. The average molecular weight is 268 g/mol. The number of phenols is 1. The Morgan fingerprint density at radius 3 is 2.80 bits per heavy atom. The molecule has 0 radical (unpaired) electrons. The van der Waals surface area contributed by atoms with E-state index in [9.17, 15) is 9.90 Å². The van der Waals surface area contributed by atoms with E-state index >= 15 is 0 Å². The zero-order chi connectivity index (χ0) is 13.9. The van der Waals surface area contributed by atoms with Crippen LogP contribution in [0.25, 0.3) is 0 Å². The van der Waals surface area contributed by atoms with Gasteiger partial charge in [0.05, 0.1) is 5.92 Å². The Bertz CT molecular complexity index is 640. The van der Waals surface area contributed by atoms with Crippen LogP contribution in [0.4, 0.5) is 5.69 Å². The largest absolute Gasteiger partial charge is 0.508 e. The van der Waals surface area contributed by atoms with Crippen molar-refractivity contribution < 1.29 is 9.90 Å². The number of nitrogens with one attached hydrogen (secondary N) is 2. The zero-order valence-electron chi connectivity index (χ0n) is 11.0. The molecule has 1 aliphatic rings. The molecule has 1 aliphatic heterocycles. The summed E-state index contributed by atoms with van der Waals surface area (Å²) >= 11 is 0. The van der Waals surface area contributed by atoms with E-state index in [4.69, 9.17) is 0 Å². The first kappa shape index (κ1) is 12.5. The van der Waals surface area contributed by atoms with Gasteiger partial charge in [-0.25, -0.2) is 0 Å². The van der Waals surface area contributed by atoms with Gasteiger partial charge in [0.1, 0.15) is 5.75 Å². The summed E-state index contributed by atoms with van der Waals surface area (Å²) in [5.74, 6) is 0.0144. The zero-order valence-corrected chi connectivity index (χ0v) is 11.0. The molecule has 0 aromatic heterocycles. The second kappa shape index (κ2) is 5.25. The molecule has 2 aromatic rings. The first-order chi connectivity index (χ1) is 9.75.